The fourth-order valence-corrected chi connectivity index (χ4v) is 1.44. The third-order valence-corrected chi connectivity index (χ3v) is 2.34. The zero-order valence-corrected chi connectivity index (χ0v) is 10.1. The predicted molar refractivity (Wildman–Crippen MR) is 61.5 cm³/mol. The van der Waals surface area contributed by atoms with Crippen molar-refractivity contribution in [1.29, 1.82) is 0 Å². The average Bonchev–Trinajstić information content (AvgIpc) is 2.80. The summed E-state index contributed by atoms with van der Waals surface area (Å²) >= 11 is 0. The van der Waals surface area contributed by atoms with Gasteiger partial charge in [-0.15, -0.1) is 5.10 Å². The number of aliphatic carboxylic acids is 1. The van der Waals surface area contributed by atoms with Crippen molar-refractivity contribution < 1.29 is 14.7 Å². The van der Waals surface area contributed by atoms with E-state index in [2.05, 4.69) is 20.8 Å². The van der Waals surface area contributed by atoms with Gasteiger partial charge >= 0.3 is 5.97 Å². The Morgan fingerprint density at radius 2 is 2.00 bits per heavy atom. The van der Waals surface area contributed by atoms with E-state index in [4.69, 9.17) is 5.11 Å². The summed E-state index contributed by atoms with van der Waals surface area (Å²) in [6.07, 6.45) is 4.92. The van der Waals surface area contributed by atoms with Crippen LogP contribution in [0, 0.1) is 0 Å². The second-order valence-corrected chi connectivity index (χ2v) is 3.92. The zero-order valence-electron chi connectivity index (χ0n) is 10.1. The van der Waals surface area contributed by atoms with Crippen LogP contribution in [-0.4, -0.2) is 43.7 Å². The van der Waals surface area contributed by atoms with Crippen molar-refractivity contribution in [1.82, 2.24) is 25.5 Å². The molecule has 0 saturated carbocycles. The van der Waals surface area contributed by atoms with Crippen LogP contribution < -0.4 is 5.32 Å². The van der Waals surface area contributed by atoms with Crippen LogP contribution >= 0.6 is 0 Å². The summed E-state index contributed by atoms with van der Waals surface area (Å²) in [5.41, 5.74) is 0. The van der Waals surface area contributed by atoms with Gasteiger partial charge in [-0.1, -0.05) is 12.8 Å². The number of tetrazole rings is 1. The zero-order chi connectivity index (χ0) is 13.2. The van der Waals surface area contributed by atoms with E-state index in [1.54, 1.807) is 0 Å². The van der Waals surface area contributed by atoms with Gasteiger partial charge in [0, 0.05) is 13.0 Å². The van der Waals surface area contributed by atoms with Crippen LogP contribution in [0.3, 0.4) is 0 Å². The molecule has 1 heterocycles. The summed E-state index contributed by atoms with van der Waals surface area (Å²) in [5.74, 6) is -0.891. The number of carbonyl (C=O) groups is 2. The summed E-state index contributed by atoms with van der Waals surface area (Å²) in [7, 11) is 0. The van der Waals surface area contributed by atoms with Crippen LogP contribution in [-0.2, 0) is 16.1 Å². The lowest BCUT2D eigenvalue weighted by Gasteiger charge is -2.04. The Hall–Kier alpha value is -1.99. The molecule has 0 saturated heterocycles. The molecule has 100 valence electrons. The van der Waals surface area contributed by atoms with E-state index >= 15 is 0 Å². The Morgan fingerprint density at radius 1 is 1.22 bits per heavy atom. The van der Waals surface area contributed by atoms with Crippen molar-refractivity contribution in [3.63, 3.8) is 0 Å². The fourth-order valence-electron chi connectivity index (χ4n) is 1.44. The minimum absolute atomic E-state index is 0.117. The molecule has 0 spiro atoms. The Labute approximate surface area is 104 Å². The highest BCUT2D eigenvalue weighted by atomic mass is 16.4. The molecule has 2 N–H and O–H groups in total. The molecule has 0 radical (unpaired) electrons. The number of aromatic nitrogens is 4. The molecule has 0 aliphatic heterocycles. The summed E-state index contributed by atoms with van der Waals surface area (Å²) < 4.78 is 1.35. The highest BCUT2D eigenvalue weighted by Gasteiger charge is 2.02. The molecule has 0 unspecified atom stereocenters. The Bertz CT molecular complexity index is 366. The van der Waals surface area contributed by atoms with E-state index in [-0.39, 0.29) is 18.9 Å². The Morgan fingerprint density at radius 3 is 2.67 bits per heavy atom. The maximum absolute atomic E-state index is 11.4. The van der Waals surface area contributed by atoms with Crippen molar-refractivity contribution in [2.24, 2.45) is 0 Å². The molecule has 0 aromatic carbocycles. The molecular weight excluding hydrogens is 238 g/mol. The van der Waals surface area contributed by atoms with E-state index in [0.717, 1.165) is 19.3 Å². The Kier molecular flexibility index (Phi) is 6.37. The predicted octanol–water partition coefficient (Wildman–Crippen LogP) is -0.176. The van der Waals surface area contributed by atoms with Gasteiger partial charge in [0.1, 0.15) is 12.9 Å². The van der Waals surface area contributed by atoms with Crippen LogP contribution in [0.25, 0.3) is 0 Å². The van der Waals surface area contributed by atoms with Crippen molar-refractivity contribution in [3.8, 4) is 0 Å². The van der Waals surface area contributed by atoms with Crippen LogP contribution in [0.2, 0.25) is 0 Å². The molecule has 0 fully saturated rings. The maximum Gasteiger partial charge on any atom is 0.303 e. The molecule has 0 aliphatic carbocycles. The van der Waals surface area contributed by atoms with Crippen LogP contribution in [0.5, 0.6) is 0 Å². The average molecular weight is 255 g/mol. The first-order chi connectivity index (χ1) is 8.68. The molecule has 18 heavy (non-hydrogen) atoms. The van der Waals surface area contributed by atoms with Crippen LogP contribution in [0.4, 0.5) is 0 Å². The molecule has 1 rings (SSSR count). The number of carboxylic acid groups (broad SMARTS) is 1. The molecule has 8 heteroatoms. The molecule has 1 aromatic heterocycles. The minimum atomic E-state index is -0.759. The lowest BCUT2D eigenvalue weighted by atomic mass is 10.1. The van der Waals surface area contributed by atoms with Gasteiger partial charge in [0.05, 0.1) is 0 Å². The van der Waals surface area contributed by atoms with Crippen molar-refractivity contribution in [2.75, 3.05) is 6.54 Å². The third kappa shape index (κ3) is 6.56. The van der Waals surface area contributed by atoms with Gasteiger partial charge in [-0.3, -0.25) is 9.59 Å². The van der Waals surface area contributed by atoms with Crippen molar-refractivity contribution >= 4 is 11.9 Å². The first kappa shape index (κ1) is 14.1. The number of unbranched alkanes of at least 4 members (excludes halogenated alkanes) is 3. The summed E-state index contributed by atoms with van der Waals surface area (Å²) in [6, 6.07) is 0. The third-order valence-electron chi connectivity index (χ3n) is 2.34. The number of hydrogen-bond donors (Lipinski definition) is 2. The quantitative estimate of drug-likeness (QED) is 0.592. The van der Waals surface area contributed by atoms with E-state index in [1.165, 1.54) is 11.0 Å². The number of nitrogens with zero attached hydrogens (tertiary/aromatic N) is 4. The van der Waals surface area contributed by atoms with E-state index < -0.39 is 5.97 Å². The maximum atomic E-state index is 11.4. The van der Waals surface area contributed by atoms with Gasteiger partial charge in [-0.05, 0) is 23.3 Å². The molecule has 1 aromatic rings. The molecule has 0 bridgehead atoms. The summed E-state index contributed by atoms with van der Waals surface area (Å²) in [4.78, 5) is 21.6. The van der Waals surface area contributed by atoms with Gasteiger partial charge in [-0.2, -0.15) is 0 Å². The first-order valence-electron chi connectivity index (χ1n) is 5.88. The van der Waals surface area contributed by atoms with Gasteiger partial charge in [-0.25, -0.2) is 4.68 Å². The fraction of sp³-hybridized carbons (Fsp3) is 0.700. The molecule has 0 aliphatic rings. The highest BCUT2D eigenvalue weighted by molar-refractivity contribution is 5.75. The normalized spacial score (nSPS) is 10.2. The number of hydrogen-bond acceptors (Lipinski definition) is 5. The highest BCUT2D eigenvalue weighted by Crippen LogP contribution is 2.02. The SMILES string of the molecule is O=C(O)CCCCCCNC(=O)Cn1cnnn1. The van der Waals surface area contributed by atoms with E-state index in [0.29, 0.717) is 13.0 Å². The second kappa shape index (κ2) is 8.15. The summed E-state index contributed by atoms with van der Waals surface area (Å²) in [6.45, 7) is 0.708. The minimum Gasteiger partial charge on any atom is -0.481 e. The molecular formula is C10H17N5O3. The standard InChI is InChI=1S/C10H17N5O3/c16-9(7-15-8-12-13-14-15)11-6-4-2-1-3-5-10(17)18/h8H,1-7H2,(H,11,16)(H,17,18). The number of amides is 1. The Balaban J connectivity index is 1.94. The van der Waals surface area contributed by atoms with Gasteiger partial charge in [0.2, 0.25) is 5.91 Å². The van der Waals surface area contributed by atoms with Gasteiger partial charge in [0.15, 0.2) is 0 Å². The lowest BCUT2D eigenvalue weighted by Crippen LogP contribution is -2.28. The topological polar surface area (TPSA) is 110 Å². The van der Waals surface area contributed by atoms with Crippen molar-refractivity contribution in [2.45, 2.75) is 38.6 Å². The van der Waals surface area contributed by atoms with Crippen molar-refractivity contribution in [3.05, 3.63) is 6.33 Å². The number of rotatable bonds is 9. The van der Waals surface area contributed by atoms with E-state index in [1.807, 2.05) is 0 Å². The van der Waals surface area contributed by atoms with Gasteiger partial charge < -0.3 is 10.4 Å². The summed E-state index contributed by atoms with van der Waals surface area (Å²) in [5, 5.41) is 21.6. The first-order valence-corrected chi connectivity index (χ1v) is 5.88. The van der Waals surface area contributed by atoms with Crippen LogP contribution in [0.15, 0.2) is 6.33 Å². The number of carboxylic acids is 1. The van der Waals surface area contributed by atoms with Crippen LogP contribution in [0.1, 0.15) is 32.1 Å². The van der Waals surface area contributed by atoms with Gasteiger partial charge in [0.25, 0.3) is 0 Å². The smallest absolute Gasteiger partial charge is 0.303 e. The molecule has 8 nitrogen and oxygen atoms in total. The molecule has 1 amide bonds. The number of carbonyl (C=O) groups excluding carboxylic acids is 1. The monoisotopic (exact) mass is 255 g/mol. The number of nitrogens with one attached hydrogen (secondary N) is 1. The molecule has 0 atom stereocenters. The largest absolute Gasteiger partial charge is 0.481 e. The van der Waals surface area contributed by atoms with E-state index in [9.17, 15) is 9.59 Å². The second-order valence-electron chi connectivity index (χ2n) is 3.92. The lowest BCUT2D eigenvalue weighted by molar-refractivity contribution is -0.137.